The van der Waals surface area contributed by atoms with Gasteiger partial charge in [-0.3, -0.25) is 0 Å². The third kappa shape index (κ3) is 5.90. The highest BCUT2D eigenvalue weighted by Gasteiger charge is 2.26. The topological polar surface area (TPSA) is 13.1 Å². The van der Waals surface area contributed by atoms with Crippen molar-refractivity contribution in [2.75, 3.05) is 0 Å². The summed E-state index contributed by atoms with van der Waals surface area (Å²) in [4.78, 5) is 0. The second kappa shape index (κ2) is 13.8. The number of benzene rings is 10. The van der Waals surface area contributed by atoms with Gasteiger partial charge in [-0.15, -0.1) is 0 Å². The lowest BCUT2D eigenvalue weighted by molar-refractivity contribution is 0.569. The van der Waals surface area contributed by atoms with Gasteiger partial charge in [-0.2, -0.15) is 0 Å². The van der Waals surface area contributed by atoms with Crippen molar-refractivity contribution in [2.45, 2.75) is 52.4 Å². The Morgan fingerprint density at radius 1 is 0.311 bits per heavy atom. The van der Waals surface area contributed by atoms with E-state index in [0.29, 0.717) is 0 Å². The molecule has 0 amide bonds. The van der Waals surface area contributed by atoms with Gasteiger partial charge >= 0.3 is 0 Å². The van der Waals surface area contributed by atoms with Crippen LogP contribution in [0.5, 0.6) is 0 Å². The molecular weight excluding hydrogens is 737 g/mol. The van der Waals surface area contributed by atoms with Crippen LogP contribution in [0.2, 0.25) is 0 Å². The number of fused-ring (bicyclic) bond motifs is 7. The van der Waals surface area contributed by atoms with Crippen LogP contribution in [0.4, 0.5) is 0 Å². The third-order valence-corrected chi connectivity index (χ3v) is 12.9. The Kier molecular flexibility index (Phi) is 8.38. The zero-order valence-electron chi connectivity index (χ0n) is 35.7. The number of para-hydroxylation sites is 1. The predicted molar refractivity (Wildman–Crippen MR) is 263 cm³/mol. The summed E-state index contributed by atoms with van der Waals surface area (Å²) >= 11 is 0. The molecule has 0 N–H and O–H groups in total. The van der Waals surface area contributed by atoms with Crippen molar-refractivity contribution in [1.29, 1.82) is 0 Å². The minimum absolute atomic E-state index is 0.000142. The summed E-state index contributed by atoms with van der Waals surface area (Å²) < 4.78 is 7.14. The van der Waals surface area contributed by atoms with E-state index in [4.69, 9.17) is 4.42 Å². The number of furan rings is 1. The van der Waals surface area contributed by atoms with Gasteiger partial charge in [0.15, 0.2) is 0 Å². The van der Waals surface area contributed by atoms with Gasteiger partial charge in [-0.1, -0.05) is 217 Å². The fourth-order valence-electron chi connectivity index (χ4n) is 9.95. The Bertz CT molecular complexity index is 3390. The summed E-state index contributed by atoms with van der Waals surface area (Å²) in [6, 6.07) is 67.2. The van der Waals surface area contributed by atoms with Crippen LogP contribution >= 0.6 is 0 Å². The van der Waals surface area contributed by atoms with E-state index in [1.165, 1.54) is 93.2 Å². The predicted octanol–water partition coefficient (Wildman–Crippen LogP) is 17.5. The Morgan fingerprint density at radius 2 is 0.689 bits per heavy atom. The van der Waals surface area contributed by atoms with Crippen LogP contribution in [-0.2, 0) is 10.8 Å². The Morgan fingerprint density at radius 3 is 1.16 bits per heavy atom. The lowest BCUT2D eigenvalue weighted by Gasteiger charge is -2.27. The summed E-state index contributed by atoms with van der Waals surface area (Å²) in [6.45, 7) is 13.9. The van der Waals surface area contributed by atoms with E-state index in [0.717, 1.165) is 27.5 Å². The first-order valence-corrected chi connectivity index (χ1v) is 21.6. The van der Waals surface area contributed by atoms with E-state index in [2.05, 4.69) is 224 Å². The molecule has 1 heteroatoms. The molecule has 10 aromatic carbocycles. The van der Waals surface area contributed by atoms with E-state index in [-0.39, 0.29) is 10.8 Å². The molecule has 0 saturated heterocycles. The Hall–Kier alpha value is -6.96. The molecular formula is C60H48O. The average Bonchev–Trinajstić information content (AvgIpc) is 3.66. The lowest BCUT2D eigenvalue weighted by Crippen LogP contribution is -2.16. The second-order valence-corrected chi connectivity index (χ2v) is 18.8. The van der Waals surface area contributed by atoms with Crippen LogP contribution in [0.1, 0.15) is 52.7 Å². The van der Waals surface area contributed by atoms with E-state index in [1.807, 2.05) is 0 Å². The molecule has 1 heterocycles. The second-order valence-electron chi connectivity index (χ2n) is 18.8. The molecule has 0 fully saturated rings. The molecule has 294 valence electrons. The highest BCUT2D eigenvalue weighted by molar-refractivity contribution is 6.28. The SMILES string of the molecule is CC(C)(C)c1cc(-c2c3ccccc3c(-c3cccc4c3oc3cccc(-c5c6ccccc6c(-c6ccccc6)c6ccccc56)c34)c3ccccc23)cc(C(C)(C)C)c1. The largest absolute Gasteiger partial charge is 0.455 e. The molecule has 11 aromatic rings. The molecule has 0 atom stereocenters. The van der Waals surface area contributed by atoms with Crippen molar-refractivity contribution in [2.24, 2.45) is 0 Å². The summed E-state index contributed by atoms with van der Waals surface area (Å²) in [5.74, 6) is 0. The molecule has 61 heavy (non-hydrogen) atoms. The van der Waals surface area contributed by atoms with Crippen LogP contribution in [0.15, 0.2) is 186 Å². The molecule has 0 bridgehead atoms. The first-order chi connectivity index (χ1) is 29.6. The van der Waals surface area contributed by atoms with Gasteiger partial charge in [0, 0.05) is 21.9 Å². The van der Waals surface area contributed by atoms with E-state index in [1.54, 1.807) is 0 Å². The summed E-state index contributed by atoms with van der Waals surface area (Å²) in [6.07, 6.45) is 0. The smallest absolute Gasteiger partial charge is 0.143 e. The van der Waals surface area contributed by atoms with Gasteiger partial charge in [0.05, 0.1) is 0 Å². The molecule has 1 aromatic heterocycles. The van der Waals surface area contributed by atoms with Gasteiger partial charge in [0.25, 0.3) is 0 Å². The highest BCUT2D eigenvalue weighted by Crippen LogP contribution is 2.50. The van der Waals surface area contributed by atoms with Crippen molar-refractivity contribution in [3.63, 3.8) is 0 Å². The van der Waals surface area contributed by atoms with Crippen molar-refractivity contribution in [3.05, 3.63) is 193 Å². The quantitative estimate of drug-likeness (QED) is 0.162. The highest BCUT2D eigenvalue weighted by atomic mass is 16.3. The van der Waals surface area contributed by atoms with Crippen LogP contribution in [0, 0.1) is 0 Å². The molecule has 0 aliphatic carbocycles. The van der Waals surface area contributed by atoms with E-state index in [9.17, 15) is 0 Å². The summed E-state index contributed by atoms with van der Waals surface area (Å²) in [5, 5.41) is 12.1. The standard InChI is InChI=1S/C60H48O/c1-59(2,3)39-34-38(35-40(36-39)60(4,5)6)54-43-24-12-16-28-47(43)56(48-29-17-13-25-44(48)54)50-31-18-32-51-57-49(30-19-33-52(57)61-58(50)51)55-45-26-14-10-22-41(45)53(37-20-8-7-9-21-37)42-23-11-15-27-46(42)55/h7-36H,1-6H3. The first kappa shape index (κ1) is 37.1. The Balaban J connectivity index is 1.21. The summed E-state index contributed by atoms with van der Waals surface area (Å²) in [5.41, 5.74) is 14.3. The Labute approximate surface area is 357 Å². The maximum Gasteiger partial charge on any atom is 0.143 e. The molecule has 0 spiro atoms. The van der Waals surface area contributed by atoms with E-state index < -0.39 is 0 Å². The average molecular weight is 785 g/mol. The van der Waals surface area contributed by atoms with Gasteiger partial charge in [-0.25, -0.2) is 0 Å². The van der Waals surface area contributed by atoms with Crippen LogP contribution in [0.3, 0.4) is 0 Å². The molecule has 11 rings (SSSR count). The van der Waals surface area contributed by atoms with Gasteiger partial charge < -0.3 is 4.42 Å². The van der Waals surface area contributed by atoms with Gasteiger partial charge in [0.1, 0.15) is 11.2 Å². The maximum atomic E-state index is 7.14. The number of hydrogen-bond acceptors (Lipinski definition) is 1. The third-order valence-electron chi connectivity index (χ3n) is 12.9. The maximum absolute atomic E-state index is 7.14. The molecule has 0 aliphatic heterocycles. The lowest BCUT2D eigenvalue weighted by atomic mass is 9.77. The molecule has 0 saturated carbocycles. The fourth-order valence-corrected chi connectivity index (χ4v) is 9.95. The molecule has 0 unspecified atom stereocenters. The minimum Gasteiger partial charge on any atom is -0.455 e. The van der Waals surface area contributed by atoms with Crippen molar-refractivity contribution < 1.29 is 4.42 Å². The van der Waals surface area contributed by atoms with Crippen LogP contribution in [-0.4, -0.2) is 0 Å². The normalized spacial score (nSPS) is 12.4. The zero-order valence-corrected chi connectivity index (χ0v) is 35.7. The van der Waals surface area contributed by atoms with Gasteiger partial charge in [-0.05, 0) is 104 Å². The summed E-state index contributed by atoms with van der Waals surface area (Å²) in [7, 11) is 0. The van der Waals surface area contributed by atoms with Crippen molar-refractivity contribution in [1.82, 2.24) is 0 Å². The van der Waals surface area contributed by atoms with E-state index >= 15 is 0 Å². The monoisotopic (exact) mass is 784 g/mol. The van der Waals surface area contributed by atoms with Crippen molar-refractivity contribution in [3.8, 4) is 44.5 Å². The van der Waals surface area contributed by atoms with Gasteiger partial charge in [0.2, 0.25) is 0 Å². The molecule has 1 nitrogen and oxygen atoms in total. The number of rotatable bonds is 4. The first-order valence-electron chi connectivity index (χ1n) is 21.6. The fraction of sp³-hybridized carbons (Fsp3) is 0.133. The minimum atomic E-state index is -0.000142. The molecule has 0 aliphatic rings. The number of hydrogen-bond donors (Lipinski definition) is 0. The van der Waals surface area contributed by atoms with Crippen molar-refractivity contribution >= 4 is 65.0 Å². The molecule has 0 radical (unpaired) electrons. The van der Waals surface area contributed by atoms with Crippen LogP contribution < -0.4 is 0 Å². The zero-order chi connectivity index (χ0) is 41.6. The van der Waals surface area contributed by atoms with Crippen LogP contribution in [0.25, 0.3) is 110 Å².